The molecule has 0 heterocycles. The Kier molecular flexibility index (Phi) is 4.41. The third kappa shape index (κ3) is 3.82. The van der Waals surface area contributed by atoms with Crippen LogP contribution in [0.15, 0.2) is 24.3 Å². The molecular weight excluding hydrogens is 222 g/mol. The van der Waals surface area contributed by atoms with E-state index in [4.69, 9.17) is 5.11 Å². The summed E-state index contributed by atoms with van der Waals surface area (Å²) in [7, 11) is 0. The second-order valence-electron chi connectivity index (χ2n) is 6.31. The number of rotatable bonds is 4. The van der Waals surface area contributed by atoms with Crippen molar-refractivity contribution in [1.29, 1.82) is 0 Å². The first-order valence-corrected chi connectivity index (χ1v) is 7.01. The molecule has 0 aromatic heterocycles. The molecule has 1 atom stereocenters. The summed E-state index contributed by atoms with van der Waals surface area (Å²) in [5.74, 6) is 0. The van der Waals surface area contributed by atoms with Gasteiger partial charge in [0.25, 0.3) is 0 Å². The van der Waals surface area contributed by atoms with E-state index in [1.165, 1.54) is 31.2 Å². The molecule has 1 unspecified atom stereocenters. The van der Waals surface area contributed by atoms with E-state index in [2.05, 4.69) is 31.3 Å². The Hall–Kier alpha value is -0.860. The second kappa shape index (κ2) is 5.85. The van der Waals surface area contributed by atoms with Crippen molar-refractivity contribution in [3.63, 3.8) is 0 Å². The molecule has 0 aliphatic heterocycles. The van der Waals surface area contributed by atoms with Crippen LogP contribution in [0.5, 0.6) is 0 Å². The van der Waals surface area contributed by atoms with E-state index in [-0.39, 0.29) is 6.61 Å². The van der Waals surface area contributed by atoms with Gasteiger partial charge in [0.15, 0.2) is 0 Å². The van der Waals surface area contributed by atoms with E-state index in [1.807, 2.05) is 12.1 Å². The Balaban J connectivity index is 1.83. The first-order chi connectivity index (χ1) is 8.59. The first-order valence-electron chi connectivity index (χ1n) is 7.01. The van der Waals surface area contributed by atoms with Crippen LogP contribution in [0.25, 0.3) is 0 Å². The molecule has 2 rings (SSSR count). The molecule has 1 aliphatic rings. The molecule has 1 saturated carbocycles. The van der Waals surface area contributed by atoms with Crippen LogP contribution < -0.4 is 5.32 Å². The minimum absolute atomic E-state index is 0.129. The van der Waals surface area contributed by atoms with Gasteiger partial charge < -0.3 is 10.4 Å². The largest absolute Gasteiger partial charge is 0.392 e. The molecule has 1 fully saturated rings. The lowest BCUT2D eigenvalue weighted by Gasteiger charge is -2.35. The van der Waals surface area contributed by atoms with E-state index in [0.29, 0.717) is 11.5 Å². The molecular formula is C16H25NO. The van der Waals surface area contributed by atoms with Crippen LogP contribution in [0.1, 0.15) is 50.7 Å². The summed E-state index contributed by atoms with van der Waals surface area (Å²) in [6.45, 7) is 5.81. The fourth-order valence-electron chi connectivity index (χ4n) is 2.90. The number of aliphatic hydroxyl groups is 1. The highest BCUT2D eigenvalue weighted by Gasteiger charge is 2.27. The van der Waals surface area contributed by atoms with Crippen molar-refractivity contribution < 1.29 is 5.11 Å². The highest BCUT2D eigenvalue weighted by Crippen LogP contribution is 2.35. The summed E-state index contributed by atoms with van der Waals surface area (Å²) < 4.78 is 0. The van der Waals surface area contributed by atoms with E-state index in [9.17, 15) is 0 Å². The van der Waals surface area contributed by atoms with Crippen LogP contribution in [-0.2, 0) is 13.2 Å². The molecule has 1 aromatic carbocycles. The highest BCUT2D eigenvalue weighted by molar-refractivity contribution is 5.21. The average molecular weight is 247 g/mol. The molecule has 0 radical (unpaired) electrons. The number of hydrogen-bond donors (Lipinski definition) is 2. The molecule has 0 saturated heterocycles. The van der Waals surface area contributed by atoms with Gasteiger partial charge in [0, 0.05) is 12.6 Å². The number of aliphatic hydroxyl groups excluding tert-OH is 1. The van der Waals surface area contributed by atoms with E-state index in [1.54, 1.807) is 0 Å². The molecule has 0 bridgehead atoms. The van der Waals surface area contributed by atoms with Crippen LogP contribution in [0.2, 0.25) is 0 Å². The molecule has 2 N–H and O–H groups in total. The summed E-state index contributed by atoms with van der Waals surface area (Å²) in [5.41, 5.74) is 2.78. The Morgan fingerprint density at radius 3 is 2.50 bits per heavy atom. The minimum atomic E-state index is 0.129. The molecule has 100 valence electrons. The summed E-state index contributed by atoms with van der Waals surface area (Å²) in [5, 5.41) is 12.7. The normalized spacial score (nSPS) is 22.9. The summed E-state index contributed by atoms with van der Waals surface area (Å²) in [4.78, 5) is 0. The van der Waals surface area contributed by atoms with Gasteiger partial charge in [0.05, 0.1) is 6.61 Å². The molecule has 1 aromatic rings. The lowest BCUT2D eigenvalue weighted by Crippen LogP contribution is -2.36. The predicted molar refractivity (Wildman–Crippen MR) is 75.2 cm³/mol. The van der Waals surface area contributed by atoms with Gasteiger partial charge in [-0.25, -0.2) is 0 Å². The van der Waals surface area contributed by atoms with Gasteiger partial charge in [-0.1, -0.05) is 44.5 Å². The van der Waals surface area contributed by atoms with Gasteiger partial charge >= 0.3 is 0 Å². The van der Waals surface area contributed by atoms with Gasteiger partial charge in [-0.3, -0.25) is 0 Å². The molecule has 18 heavy (non-hydrogen) atoms. The number of hydrogen-bond acceptors (Lipinski definition) is 2. The fourth-order valence-corrected chi connectivity index (χ4v) is 2.90. The van der Waals surface area contributed by atoms with E-state index < -0.39 is 0 Å². The maximum absolute atomic E-state index is 9.00. The summed E-state index contributed by atoms with van der Waals surface area (Å²) in [6.07, 6.45) is 5.28. The van der Waals surface area contributed by atoms with Crippen molar-refractivity contribution in [2.24, 2.45) is 5.41 Å². The van der Waals surface area contributed by atoms with Crippen LogP contribution in [0.3, 0.4) is 0 Å². The van der Waals surface area contributed by atoms with Crippen LogP contribution in [0, 0.1) is 5.41 Å². The summed E-state index contributed by atoms with van der Waals surface area (Å²) >= 11 is 0. The standard InChI is InChI=1S/C16H25NO/c1-16(2)9-3-4-15(10-16)17-11-13-5-7-14(12-18)8-6-13/h5-8,15,17-18H,3-4,9-12H2,1-2H3. The lowest BCUT2D eigenvalue weighted by atomic mass is 9.75. The smallest absolute Gasteiger partial charge is 0.0681 e. The quantitative estimate of drug-likeness (QED) is 0.856. The summed E-state index contributed by atoms with van der Waals surface area (Å²) in [6, 6.07) is 8.87. The third-order valence-electron chi connectivity index (χ3n) is 4.01. The van der Waals surface area contributed by atoms with Gasteiger partial charge in [-0.15, -0.1) is 0 Å². The zero-order valence-corrected chi connectivity index (χ0v) is 11.6. The van der Waals surface area contributed by atoms with Crippen molar-refractivity contribution in [3.8, 4) is 0 Å². The topological polar surface area (TPSA) is 32.3 Å². The Morgan fingerprint density at radius 2 is 1.89 bits per heavy atom. The van der Waals surface area contributed by atoms with Gasteiger partial charge in [0.2, 0.25) is 0 Å². The number of benzene rings is 1. The SMILES string of the molecule is CC1(C)CCCC(NCc2ccc(CO)cc2)C1. The first kappa shape index (κ1) is 13.6. The lowest BCUT2D eigenvalue weighted by molar-refractivity contribution is 0.198. The van der Waals surface area contributed by atoms with Crippen LogP contribution in [0.4, 0.5) is 0 Å². The minimum Gasteiger partial charge on any atom is -0.392 e. The maximum Gasteiger partial charge on any atom is 0.0681 e. The predicted octanol–water partition coefficient (Wildman–Crippen LogP) is 3.24. The van der Waals surface area contributed by atoms with E-state index in [0.717, 1.165) is 12.1 Å². The van der Waals surface area contributed by atoms with Crippen molar-refractivity contribution >= 4 is 0 Å². The molecule has 0 amide bonds. The highest BCUT2D eigenvalue weighted by atomic mass is 16.3. The van der Waals surface area contributed by atoms with Crippen molar-refractivity contribution in [2.75, 3.05) is 0 Å². The second-order valence-corrected chi connectivity index (χ2v) is 6.31. The Labute approximate surface area is 110 Å². The van der Waals surface area contributed by atoms with Gasteiger partial charge in [-0.2, -0.15) is 0 Å². The van der Waals surface area contributed by atoms with Crippen molar-refractivity contribution in [3.05, 3.63) is 35.4 Å². The molecule has 2 heteroatoms. The fraction of sp³-hybridized carbons (Fsp3) is 0.625. The average Bonchev–Trinajstić information content (AvgIpc) is 2.36. The van der Waals surface area contributed by atoms with Crippen molar-refractivity contribution in [2.45, 2.75) is 58.7 Å². The maximum atomic E-state index is 9.00. The molecule has 2 nitrogen and oxygen atoms in total. The zero-order valence-electron chi connectivity index (χ0n) is 11.6. The molecule has 0 spiro atoms. The Bertz CT molecular complexity index is 369. The van der Waals surface area contributed by atoms with Crippen LogP contribution >= 0.6 is 0 Å². The van der Waals surface area contributed by atoms with Crippen LogP contribution in [-0.4, -0.2) is 11.1 Å². The van der Waals surface area contributed by atoms with Gasteiger partial charge in [-0.05, 0) is 35.8 Å². The van der Waals surface area contributed by atoms with E-state index >= 15 is 0 Å². The number of nitrogens with one attached hydrogen (secondary N) is 1. The Morgan fingerprint density at radius 1 is 1.22 bits per heavy atom. The van der Waals surface area contributed by atoms with Gasteiger partial charge in [0.1, 0.15) is 0 Å². The van der Waals surface area contributed by atoms with Crippen molar-refractivity contribution in [1.82, 2.24) is 5.32 Å². The zero-order chi connectivity index (χ0) is 13.0. The monoisotopic (exact) mass is 247 g/mol. The molecule has 1 aliphatic carbocycles. The third-order valence-corrected chi connectivity index (χ3v) is 4.01.